The fourth-order valence-corrected chi connectivity index (χ4v) is 3.29. The molecule has 2 aromatic rings. The lowest BCUT2D eigenvalue weighted by Crippen LogP contribution is -2.36. The third kappa shape index (κ3) is 4.54. The van der Waals surface area contributed by atoms with Gasteiger partial charge in [-0.25, -0.2) is 4.98 Å². The maximum atomic E-state index is 12.8. The number of ether oxygens (including phenoxy) is 1. The van der Waals surface area contributed by atoms with Gasteiger partial charge in [-0.15, -0.1) is 0 Å². The third-order valence-corrected chi connectivity index (χ3v) is 4.78. The molecule has 1 aromatic carbocycles. The van der Waals surface area contributed by atoms with Crippen LogP contribution in [0.3, 0.4) is 0 Å². The molecule has 0 bridgehead atoms. The molecular formula is C20H24ClN3O2. The molecule has 1 aromatic heterocycles. The molecule has 1 fully saturated rings. The zero-order valence-corrected chi connectivity index (χ0v) is 15.9. The molecular weight excluding hydrogens is 350 g/mol. The Morgan fingerprint density at radius 3 is 2.42 bits per heavy atom. The van der Waals surface area contributed by atoms with Crippen LogP contribution < -0.4 is 10.2 Å². The van der Waals surface area contributed by atoms with Gasteiger partial charge in [-0.05, 0) is 35.7 Å². The van der Waals surface area contributed by atoms with Crippen molar-refractivity contribution in [1.29, 1.82) is 0 Å². The first-order valence-corrected chi connectivity index (χ1v) is 9.27. The van der Waals surface area contributed by atoms with Crippen molar-refractivity contribution < 1.29 is 9.53 Å². The lowest BCUT2D eigenvalue weighted by molar-refractivity contribution is -0.118. The van der Waals surface area contributed by atoms with Crippen molar-refractivity contribution in [2.45, 2.75) is 19.8 Å². The molecule has 2 heterocycles. The number of aromatic nitrogens is 1. The fourth-order valence-electron chi connectivity index (χ4n) is 3.17. The molecule has 0 radical (unpaired) electrons. The number of halogens is 1. The van der Waals surface area contributed by atoms with Crippen molar-refractivity contribution in [2.24, 2.45) is 5.92 Å². The molecule has 26 heavy (non-hydrogen) atoms. The highest BCUT2D eigenvalue weighted by Gasteiger charge is 2.24. The standard InChI is InChI=1S/C20H24ClN3O2/c1-14(2)19(15-3-5-16(21)6-4-15)20(25)23-17-7-8-18(22-13-17)24-9-11-26-12-10-24/h3-8,13-14,19H,9-12H2,1-2H3,(H,23,25)/t19-/m1/s1. The Hall–Kier alpha value is -2.11. The van der Waals surface area contributed by atoms with E-state index in [1.54, 1.807) is 6.20 Å². The van der Waals surface area contributed by atoms with Gasteiger partial charge in [0.2, 0.25) is 5.91 Å². The molecule has 1 aliphatic rings. The summed E-state index contributed by atoms with van der Waals surface area (Å²) in [4.78, 5) is 19.5. The van der Waals surface area contributed by atoms with Crippen molar-refractivity contribution in [2.75, 3.05) is 36.5 Å². The number of benzene rings is 1. The number of hydrogen-bond donors (Lipinski definition) is 1. The van der Waals surface area contributed by atoms with Gasteiger partial charge in [0, 0.05) is 18.1 Å². The monoisotopic (exact) mass is 373 g/mol. The summed E-state index contributed by atoms with van der Waals surface area (Å²) in [6.07, 6.45) is 1.71. The van der Waals surface area contributed by atoms with E-state index < -0.39 is 0 Å². The van der Waals surface area contributed by atoms with Gasteiger partial charge in [0.15, 0.2) is 0 Å². The second kappa shape index (κ2) is 8.52. The van der Waals surface area contributed by atoms with Gasteiger partial charge >= 0.3 is 0 Å². The molecule has 0 unspecified atom stereocenters. The normalized spacial score (nSPS) is 15.8. The number of carbonyl (C=O) groups is 1. The lowest BCUT2D eigenvalue weighted by atomic mass is 9.87. The Morgan fingerprint density at radius 2 is 1.85 bits per heavy atom. The van der Waals surface area contributed by atoms with Crippen LogP contribution in [0.5, 0.6) is 0 Å². The van der Waals surface area contributed by atoms with E-state index in [2.05, 4.69) is 15.2 Å². The van der Waals surface area contributed by atoms with Crippen LogP contribution in [-0.2, 0) is 9.53 Å². The molecule has 1 saturated heterocycles. The number of rotatable bonds is 5. The first kappa shape index (κ1) is 18.7. The minimum atomic E-state index is -0.244. The predicted octanol–water partition coefficient (Wildman–Crippen LogP) is 3.95. The van der Waals surface area contributed by atoms with Crippen molar-refractivity contribution in [3.05, 3.63) is 53.2 Å². The molecule has 0 saturated carbocycles. The molecule has 3 rings (SSSR count). The van der Waals surface area contributed by atoms with E-state index in [4.69, 9.17) is 16.3 Å². The smallest absolute Gasteiger partial charge is 0.232 e. The van der Waals surface area contributed by atoms with Crippen LogP contribution in [0.15, 0.2) is 42.6 Å². The first-order valence-electron chi connectivity index (χ1n) is 8.89. The van der Waals surface area contributed by atoms with Gasteiger partial charge in [0.25, 0.3) is 0 Å². The third-order valence-electron chi connectivity index (χ3n) is 4.53. The number of amides is 1. The van der Waals surface area contributed by atoms with E-state index in [0.29, 0.717) is 10.7 Å². The zero-order chi connectivity index (χ0) is 18.5. The van der Waals surface area contributed by atoms with E-state index in [0.717, 1.165) is 37.7 Å². The summed E-state index contributed by atoms with van der Waals surface area (Å²) in [6, 6.07) is 11.3. The van der Waals surface area contributed by atoms with E-state index >= 15 is 0 Å². The number of nitrogens with zero attached hydrogens (tertiary/aromatic N) is 2. The highest BCUT2D eigenvalue weighted by molar-refractivity contribution is 6.30. The maximum Gasteiger partial charge on any atom is 0.232 e. The molecule has 0 spiro atoms. The summed E-state index contributed by atoms with van der Waals surface area (Å²) in [5.41, 5.74) is 1.66. The van der Waals surface area contributed by atoms with E-state index in [1.165, 1.54) is 0 Å². The van der Waals surface area contributed by atoms with Crippen LogP contribution in [0, 0.1) is 5.92 Å². The number of carbonyl (C=O) groups excluding carboxylic acids is 1. The summed E-state index contributed by atoms with van der Waals surface area (Å²) in [5, 5.41) is 3.66. The van der Waals surface area contributed by atoms with Crippen LogP contribution in [0.25, 0.3) is 0 Å². The number of morpholine rings is 1. The minimum Gasteiger partial charge on any atom is -0.378 e. The Balaban J connectivity index is 1.69. The Morgan fingerprint density at radius 1 is 1.15 bits per heavy atom. The van der Waals surface area contributed by atoms with Crippen molar-refractivity contribution >= 4 is 29.0 Å². The number of nitrogens with one attached hydrogen (secondary N) is 1. The zero-order valence-electron chi connectivity index (χ0n) is 15.1. The van der Waals surface area contributed by atoms with Crippen LogP contribution >= 0.6 is 11.6 Å². The van der Waals surface area contributed by atoms with Gasteiger partial charge in [-0.3, -0.25) is 4.79 Å². The first-order chi connectivity index (χ1) is 12.5. The summed E-state index contributed by atoms with van der Waals surface area (Å²) in [6.45, 7) is 7.20. The van der Waals surface area contributed by atoms with Gasteiger partial charge in [-0.1, -0.05) is 37.6 Å². The number of pyridine rings is 1. The summed E-state index contributed by atoms with van der Waals surface area (Å²) in [5.74, 6) is 0.788. The summed E-state index contributed by atoms with van der Waals surface area (Å²) in [7, 11) is 0. The highest BCUT2D eigenvalue weighted by atomic mass is 35.5. The molecule has 6 heteroatoms. The molecule has 0 aliphatic carbocycles. The average molecular weight is 374 g/mol. The van der Waals surface area contributed by atoms with E-state index in [1.807, 2.05) is 50.2 Å². The van der Waals surface area contributed by atoms with E-state index in [-0.39, 0.29) is 17.7 Å². The van der Waals surface area contributed by atoms with Crippen LogP contribution in [0.2, 0.25) is 5.02 Å². The van der Waals surface area contributed by atoms with Crippen molar-refractivity contribution in [3.63, 3.8) is 0 Å². The topological polar surface area (TPSA) is 54.5 Å². The predicted molar refractivity (Wildman–Crippen MR) is 105 cm³/mol. The molecule has 5 nitrogen and oxygen atoms in total. The van der Waals surface area contributed by atoms with Gasteiger partial charge in [0.1, 0.15) is 5.82 Å². The summed E-state index contributed by atoms with van der Waals surface area (Å²) < 4.78 is 5.36. The lowest BCUT2D eigenvalue weighted by Gasteiger charge is -2.27. The Kier molecular flexibility index (Phi) is 6.12. The van der Waals surface area contributed by atoms with Gasteiger partial charge < -0.3 is 15.0 Å². The Bertz CT molecular complexity index is 726. The molecule has 1 N–H and O–H groups in total. The van der Waals surface area contributed by atoms with Crippen LogP contribution in [0.1, 0.15) is 25.3 Å². The van der Waals surface area contributed by atoms with Gasteiger partial charge in [0.05, 0.1) is 31.0 Å². The fraction of sp³-hybridized carbons (Fsp3) is 0.400. The number of hydrogen-bond acceptors (Lipinski definition) is 4. The minimum absolute atomic E-state index is 0.0387. The number of anilines is 2. The van der Waals surface area contributed by atoms with Crippen molar-refractivity contribution in [1.82, 2.24) is 4.98 Å². The molecule has 138 valence electrons. The Labute approximate surface area is 159 Å². The van der Waals surface area contributed by atoms with Crippen LogP contribution in [-0.4, -0.2) is 37.2 Å². The quantitative estimate of drug-likeness (QED) is 0.862. The van der Waals surface area contributed by atoms with Gasteiger partial charge in [-0.2, -0.15) is 0 Å². The molecule has 1 amide bonds. The second-order valence-electron chi connectivity index (χ2n) is 6.77. The average Bonchev–Trinajstić information content (AvgIpc) is 2.64. The summed E-state index contributed by atoms with van der Waals surface area (Å²) >= 11 is 5.96. The molecule has 1 aliphatic heterocycles. The largest absolute Gasteiger partial charge is 0.378 e. The van der Waals surface area contributed by atoms with Crippen molar-refractivity contribution in [3.8, 4) is 0 Å². The highest BCUT2D eigenvalue weighted by Crippen LogP contribution is 2.27. The van der Waals surface area contributed by atoms with E-state index in [9.17, 15) is 4.79 Å². The SMILES string of the molecule is CC(C)[C@@H](C(=O)Nc1ccc(N2CCOCC2)nc1)c1ccc(Cl)cc1. The van der Waals surface area contributed by atoms with Crippen LogP contribution in [0.4, 0.5) is 11.5 Å². The second-order valence-corrected chi connectivity index (χ2v) is 7.20. The maximum absolute atomic E-state index is 12.8. The molecule has 1 atom stereocenters.